The maximum absolute atomic E-state index is 12.2. The molecule has 0 radical (unpaired) electrons. The van der Waals surface area contributed by atoms with Crippen LogP contribution in [0.5, 0.6) is 0 Å². The Bertz CT molecular complexity index is 630. The first-order valence-electron chi connectivity index (χ1n) is 7.46. The Morgan fingerprint density at radius 1 is 1.36 bits per heavy atom. The molecule has 0 saturated carbocycles. The van der Waals surface area contributed by atoms with Crippen LogP contribution in [0.4, 0.5) is 0 Å². The second-order valence-electron chi connectivity index (χ2n) is 6.15. The van der Waals surface area contributed by atoms with Crippen LogP contribution in [0.1, 0.15) is 18.2 Å². The zero-order valence-electron chi connectivity index (χ0n) is 13.1. The molecule has 3 atom stereocenters. The minimum atomic E-state index is -3.34. The van der Waals surface area contributed by atoms with Gasteiger partial charge in [0.05, 0.1) is 19.1 Å². The maximum atomic E-state index is 12.2. The lowest BCUT2D eigenvalue weighted by atomic mass is 9.84. The summed E-state index contributed by atoms with van der Waals surface area (Å²) in [6.45, 7) is 3.40. The summed E-state index contributed by atoms with van der Waals surface area (Å²) in [4.78, 5) is 0. The van der Waals surface area contributed by atoms with E-state index in [1.165, 1.54) is 4.31 Å². The molecule has 3 heterocycles. The summed E-state index contributed by atoms with van der Waals surface area (Å²) < 4.78 is 38.6. The second-order valence-corrected chi connectivity index (χ2v) is 8.29. The summed E-state index contributed by atoms with van der Waals surface area (Å²) in [5, 5.41) is 7.85. The van der Waals surface area contributed by atoms with E-state index in [1.54, 1.807) is 25.3 Å². The molecule has 2 aliphatic heterocycles. The number of nitrogens with zero attached hydrogens (tertiary/aromatic N) is 4. The Balaban J connectivity index is 1.65. The Morgan fingerprint density at radius 3 is 2.77 bits per heavy atom. The van der Waals surface area contributed by atoms with E-state index < -0.39 is 10.2 Å². The molecule has 8 nitrogen and oxygen atoms in total. The van der Waals surface area contributed by atoms with Crippen molar-refractivity contribution in [2.75, 3.05) is 33.8 Å². The second kappa shape index (κ2) is 5.88. The van der Waals surface area contributed by atoms with E-state index in [1.807, 2.05) is 0 Å². The van der Waals surface area contributed by atoms with Crippen molar-refractivity contribution in [1.82, 2.24) is 18.8 Å². The van der Waals surface area contributed by atoms with Crippen molar-refractivity contribution < 1.29 is 17.6 Å². The van der Waals surface area contributed by atoms with Gasteiger partial charge in [0.25, 0.3) is 10.2 Å². The van der Waals surface area contributed by atoms with Gasteiger partial charge in [-0.15, -0.1) is 10.2 Å². The van der Waals surface area contributed by atoms with E-state index in [-0.39, 0.29) is 12.0 Å². The highest BCUT2D eigenvalue weighted by atomic mass is 32.2. The van der Waals surface area contributed by atoms with Gasteiger partial charge in [0.2, 0.25) is 11.8 Å². The van der Waals surface area contributed by atoms with Gasteiger partial charge >= 0.3 is 0 Å². The smallest absolute Gasteiger partial charge is 0.281 e. The molecule has 0 N–H and O–H groups in total. The number of hydrogen-bond donors (Lipinski definition) is 0. The molecular weight excluding hydrogens is 308 g/mol. The van der Waals surface area contributed by atoms with Crippen LogP contribution in [-0.2, 0) is 21.4 Å². The minimum absolute atomic E-state index is 0.0362. The van der Waals surface area contributed by atoms with Crippen molar-refractivity contribution >= 4 is 10.2 Å². The van der Waals surface area contributed by atoms with Gasteiger partial charge in [-0.05, 0) is 12.3 Å². The zero-order valence-corrected chi connectivity index (χ0v) is 13.9. The van der Waals surface area contributed by atoms with Crippen molar-refractivity contribution in [1.29, 1.82) is 0 Å². The first kappa shape index (κ1) is 15.9. The molecule has 2 fully saturated rings. The average molecular weight is 330 g/mol. The fourth-order valence-electron chi connectivity index (χ4n) is 3.30. The first-order valence-corrected chi connectivity index (χ1v) is 8.86. The summed E-state index contributed by atoms with van der Waals surface area (Å²) in [5.74, 6) is 1.72. The fourth-order valence-corrected chi connectivity index (χ4v) is 4.47. The van der Waals surface area contributed by atoms with Gasteiger partial charge in [-0.25, -0.2) is 0 Å². The van der Waals surface area contributed by atoms with E-state index in [9.17, 15) is 8.42 Å². The highest BCUT2D eigenvalue weighted by Crippen LogP contribution is 2.36. The molecule has 0 spiro atoms. The van der Waals surface area contributed by atoms with Crippen LogP contribution in [0.2, 0.25) is 0 Å². The predicted octanol–water partition coefficient (Wildman–Crippen LogP) is 0.0638. The number of aryl methyl sites for hydroxylation is 1. The number of fused-ring (bicyclic) bond motifs is 1. The van der Waals surface area contributed by atoms with E-state index in [0.29, 0.717) is 43.8 Å². The standard InChI is InChI=1S/C13H22N4O4S/c1-9-14-15-13(21-9)6-12-11-4-5-17(7-10(11)8-20-12)22(18,19)16(2)3/h10-12H,4-8H2,1-3H3/t10-,11-,12-/m1/s1. The van der Waals surface area contributed by atoms with Crippen LogP contribution in [0.3, 0.4) is 0 Å². The molecular formula is C13H22N4O4S. The van der Waals surface area contributed by atoms with Gasteiger partial charge in [-0.3, -0.25) is 0 Å². The third-order valence-corrected chi connectivity index (χ3v) is 6.40. The number of hydrogen-bond acceptors (Lipinski definition) is 6. The van der Waals surface area contributed by atoms with Gasteiger partial charge < -0.3 is 9.15 Å². The molecule has 1 aromatic heterocycles. The van der Waals surface area contributed by atoms with Crippen LogP contribution in [0.25, 0.3) is 0 Å². The molecule has 0 amide bonds. The average Bonchev–Trinajstić information content (AvgIpc) is 3.05. The molecule has 0 aliphatic carbocycles. The maximum Gasteiger partial charge on any atom is 0.281 e. The molecule has 0 aromatic carbocycles. The van der Waals surface area contributed by atoms with Crippen LogP contribution in [-0.4, -0.2) is 67.1 Å². The zero-order chi connectivity index (χ0) is 15.9. The summed E-state index contributed by atoms with van der Waals surface area (Å²) in [6, 6.07) is 0. The highest BCUT2D eigenvalue weighted by Gasteiger charge is 2.44. The summed E-state index contributed by atoms with van der Waals surface area (Å²) in [7, 11) is -0.216. The largest absolute Gasteiger partial charge is 0.425 e. The third kappa shape index (κ3) is 2.90. The number of rotatable bonds is 4. The molecule has 9 heteroatoms. The van der Waals surface area contributed by atoms with Gasteiger partial charge in [0.1, 0.15) is 0 Å². The SMILES string of the molecule is Cc1nnc(C[C@H]2OC[C@H]3CN(S(=O)(=O)N(C)C)CC[C@H]32)o1. The van der Waals surface area contributed by atoms with Gasteiger partial charge in [-0.2, -0.15) is 17.0 Å². The monoisotopic (exact) mass is 330 g/mol. The lowest BCUT2D eigenvalue weighted by molar-refractivity contribution is 0.0824. The minimum Gasteiger partial charge on any atom is -0.425 e. The molecule has 0 bridgehead atoms. The predicted molar refractivity (Wildman–Crippen MR) is 78.3 cm³/mol. The van der Waals surface area contributed by atoms with Crippen molar-refractivity contribution in [2.24, 2.45) is 11.8 Å². The number of ether oxygens (including phenoxy) is 1. The third-order valence-electron chi connectivity index (χ3n) is 4.49. The topological polar surface area (TPSA) is 88.8 Å². The Morgan fingerprint density at radius 2 is 2.14 bits per heavy atom. The lowest BCUT2D eigenvalue weighted by Gasteiger charge is -2.35. The van der Waals surface area contributed by atoms with Crippen molar-refractivity contribution in [3.05, 3.63) is 11.8 Å². The van der Waals surface area contributed by atoms with Crippen molar-refractivity contribution in [3.8, 4) is 0 Å². The van der Waals surface area contributed by atoms with Crippen LogP contribution >= 0.6 is 0 Å². The van der Waals surface area contributed by atoms with E-state index in [2.05, 4.69) is 10.2 Å². The Labute approximate surface area is 130 Å². The highest BCUT2D eigenvalue weighted by molar-refractivity contribution is 7.86. The molecule has 2 saturated heterocycles. The van der Waals surface area contributed by atoms with Crippen LogP contribution in [0.15, 0.2) is 4.42 Å². The van der Waals surface area contributed by atoms with Gasteiger partial charge in [-0.1, -0.05) is 0 Å². The van der Waals surface area contributed by atoms with Crippen molar-refractivity contribution in [2.45, 2.75) is 25.9 Å². The lowest BCUT2D eigenvalue weighted by Crippen LogP contribution is -2.48. The summed E-state index contributed by atoms with van der Waals surface area (Å²) >= 11 is 0. The summed E-state index contributed by atoms with van der Waals surface area (Å²) in [6.07, 6.45) is 1.44. The van der Waals surface area contributed by atoms with Gasteiger partial charge in [0, 0.05) is 40.0 Å². The number of piperidine rings is 1. The molecule has 0 unspecified atom stereocenters. The molecule has 1 aromatic rings. The summed E-state index contributed by atoms with van der Waals surface area (Å²) in [5.41, 5.74) is 0. The fraction of sp³-hybridized carbons (Fsp3) is 0.846. The Hall–Kier alpha value is -1.03. The quantitative estimate of drug-likeness (QED) is 0.776. The number of aromatic nitrogens is 2. The molecule has 124 valence electrons. The van der Waals surface area contributed by atoms with Crippen molar-refractivity contribution in [3.63, 3.8) is 0 Å². The van der Waals surface area contributed by atoms with Gasteiger partial charge in [0.15, 0.2) is 0 Å². The molecule has 2 aliphatic rings. The molecule has 22 heavy (non-hydrogen) atoms. The Kier molecular flexibility index (Phi) is 4.23. The normalized spacial score (nSPS) is 29.9. The molecule has 3 rings (SSSR count). The first-order chi connectivity index (χ1) is 10.4. The van der Waals surface area contributed by atoms with Crippen LogP contribution < -0.4 is 0 Å². The van der Waals surface area contributed by atoms with Crippen LogP contribution in [0, 0.1) is 18.8 Å². The van der Waals surface area contributed by atoms with E-state index in [0.717, 1.165) is 6.42 Å². The van der Waals surface area contributed by atoms with E-state index in [4.69, 9.17) is 9.15 Å². The van der Waals surface area contributed by atoms with E-state index >= 15 is 0 Å².